The lowest BCUT2D eigenvalue weighted by Crippen LogP contribution is -2.48. The lowest BCUT2D eigenvalue weighted by atomic mass is 10.2. The number of piperazine rings is 1. The highest BCUT2D eigenvalue weighted by Crippen LogP contribution is 2.19. The Bertz CT molecular complexity index is 493. The molecule has 1 saturated heterocycles. The first-order valence-electron chi connectivity index (χ1n) is 5.85. The molecule has 0 unspecified atom stereocenters. The number of sulfonamides is 1. The predicted molar refractivity (Wildman–Crippen MR) is 77.7 cm³/mol. The fourth-order valence-electron chi connectivity index (χ4n) is 2.07. The van der Waals surface area contributed by atoms with E-state index in [0.717, 1.165) is 24.1 Å². The Balaban J connectivity index is 2.01. The van der Waals surface area contributed by atoms with E-state index in [-0.39, 0.29) is 0 Å². The molecule has 1 fully saturated rings. The van der Waals surface area contributed by atoms with Gasteiger partial charge in [0.25, 0.3) is 0 Å². The summed E-state index contributed by atoms with van der Waals surface area (Å²) >= 11 is 3.42. The van der Waals surface area contributed by atoms with Crippen LogP contribution in [0.25, 0.3) is 0 Å². The third kappa shape index (κ3) is 3.24. The average Bonchev–Trinajstić information content (AvgIpc) is 2.38. The molecule has 0 aromatic heterocycles. The van der Waals surface area contributed by atoms with Crippen molar-refractivity contribution in [1.29, 1.82) is 0 Å². The van der Waals surface area contributed by atoms with Crippen molar-refractivity contribution in [3.05, 3.63) is 29.8 Å². The number of hydrogen-bond acceptors (Lipinski definition) is 3. The number of hydrogen-bond donors (Lipinski definition) is 0. The van der Waals surface area contributed by atoms with Gasteiger partial charge in [0, 0.05) is 37.2 Å². The molecule has 1 aliphatic heterocycles. The number of rotatable bonds is 3. The van der Waals surface area contributed by atoms with E-state index in [0.29, 0.717) is 13.1 Å². The average molecular weight is 333 g/mol. The van der Waals surface area contributed by atoms with E-state index in [1.807, 2.05) is 0 Å². The zero-order valence-electron chi connectivity index (χ0n) is 10.3. The van der Waals surface area contributed by atoms with Crippen LogP contribution in [0.1, 0.15) is 5.56 Å². The maximum atomic E-state index is 11.4. The van der Waals surface area contributed by atoms with Gasteiger partial charge in [-0.2, -0.15) is 4.31 Å². The Kier molecular flexibility index (Phi) is 4.29. The first-order valence-corrected chi connectivity index (χ1v) is 8.82. The van der Waals surface area contributed by atoms with E-state index < -0.39 is 10.0 Å². The van der Waals surface area contributed by atoms with Crippen LogP contribution in [0.5, 0.6) is 0 Å². The van der Waals surface area contributed by atoms with Crippen molar-refractivity contribution < 1.29 is 8.42 Å². The van der Waals surface area contributed by atoms with Gasteiger partial charge in [-0.05, 0) is 17.7 Å². The number of halogens is 1. The van der Waals surface area contributed by atoms with E-state index in [9.17, 15) is 8.42 Å². The largest absolute Gasteiger partial charge is 0.369 e. The molecule has 0 saturated carbocycles. The van der Waals surface area contributed by atoms with E-state index >= 15 is 0 Å². The lowest BCUT2D eigenvalue weighted by Gasteiger charge is -2.34. The third-order valence-corrected chi connectivity index (χ3v) is 5.11. The number of benzene rings is 1. The van der Waals surface area contributed by atoms with Crippen LogP contribution in [0.3, 0.4) is 0 Å². The molecule has 18 heavy (non-hydrogen) atoms. The van der Waals surface area contributed by atoms with Gasteiger partial charge in [0.15, 0.2) is 0 Å². The molecule has 1 aromatic carbocycles. The van der Waals surface area contributed by atoms with Crippen LogP contribution < -0.4 is 4.90 Å². The molecule has 100 valence electrons. The highest BCUT2D eigenvalue weighted by molar-refractivity contribution is 9.08. The lowest BCUT2D eigenvalue weighted by molar-refractivity contribution is 0.388. The number of anilines is 1. The van der Waals surface area contributed by atoms with Gasteiger partial charge in [-0.25, -0.2) is 8.42 Å². The molecule has 0 bridgehead atoms. The van der Waals surface area contributed by atoms with Gasteiger partial charge in [-0.15, -0.1) is 0 Å². The van der Waals surface area contributed by atoms with Crippen molar-refractivity contribution in [1.82, 2.24) is 4.31 Å². The van der Waals surface area contributed by atoms with Gasteiger partial charge in [-0.3, -0.25) is 0 Å². The summed E-state index contributed by atoms with van der Waals surface area (Å²) in [6, 6.07) is 8.36. The summed E-state index contributed by atoms with van der Waals surface area (Å²) in [6.45, 7) is 2.64. The number of alkyl halides is 1. The fraction of sp³-hybridized carbons (Fsp3) is 0.500. The van der Waals surface area contributed by atoms with Crippen LogP contribution in [0.15, 0.2) is 24.3 Å². The van der Waals surface area contributed by atoms with Crippen molar-refractivity contribution in [3.8, 4) is 0 Å². The van der Waals surface area contributed by atoms with Crippen molar-refractivity contribution in [2.45, 2.75) is 5.33 Å². The summed E-state index contributed by atoms with van der Waals surface area (Å²) in [5.74, 6) is 0. The highest BCUT2D eigenvalue weighted by Gasteiger charge is 2.23. The van der Waals surface area contributed by atoms with Crippen LogP contribution in [-0.4, -0.2) is 45.2 Å². The van der Waals surface area contributed by atoms with Crippen LogP contribution in [0.4, 0.5) is 5.69 Å². The Hall–Kier alpha value is -0.590. The molecule has 0 atom stereocenters. The molecular formula is C12H17BrN2O2S. The van der Waals surface area contributed by atoms with Gasteiger partial charge < -0.3 is 4.90 Å². The molecule has 0 radical (unpaired) electrons. The summed E-state index contributed by atoms with van der Waals surface area (Å²) < 4.78 is 24.4. The van der Waals surface area contributed by atoms with Crippen LogP contribution in [-0.2, 0) is 15.4 Å². The first-order chi connectivity index (χ1) is 8.50. The van der Waals surface area contributed by atoms with Crippen LogP contribution >= 0.6 is 15.9 Å². The molecule has 0 N–H and O–H groups in total. The summed E-state index contributed by atoms with van der Waals surface area (Å²) in [4.78, 5) is 2.22. The molecule has 4 nitrogen and oxygen atoms in total. The highest BCUT2D eigenvalue weighted by atomic mass is 79.9. The normalized spacial score (nSPS) is 18.0. The summed E-state index contributed by atoms with van der Waals surface area (Å²) in [7, 11) is -3.04. The van der Waals surface area contributed by atoms with E-state index in [1.165, 1.54) is 16.1 Å². The minimum Gasteiger partial charge on any atom is -0.369 e. The van der Waals surface area contributed by atoms with Gasteiger partial charge in [0.2, 0.25) is 10.0 Å². The van der Waals surface area contributed by atoms with Gasteiger partial charge >= 0.3 is 0 Å². The third-order valence-electron chi connectivity index (χ3n) is 3.16. The molecule has 1 heterocycles. The second-order valence-electron chi connectivity index (χ2n) is 4.45. The maximum absolute atomic E-state index is 11.4. The minimum absolute atomic E-state index is 0.568. The molecule has 1 aliphatic rings. The second kappa shape index (κ2) is 5.59. The summed E-state index contributed by atoms with van der Waals surface area (Å²) in [5, 5.41) is 0.856. The second-order valence-corrected chi connectivity index (χ2v) is 6.99. The molecule has 0 spiro atoms. The Morgan fingerprint density at radius 3 is 2.11 bits per heavy atom. The van der Waals surface area contributed by atoms with Crippen molar-refractivity contribution in [2.24, 2.45) is 0 Å². The van der Waals surface area contributed by atoms with Gasteiger partial charge in [-0.1, -0.05) is 28.1 Å². The van der Waals surface area contributed by atoms with E-state index in [1.54, 1.807) is 0 Å². The predicted octanol–water partition coefficient (Wildman–Crippen LogP) is 1.66. The van der Waals surface area contributed by atoms with E-state index in [2.05, 4.69) is 45.1 Å². The Morgan fingerprint density at radius 2 is 1.67 bits per heavy atom. The monoisotopic (exact) mass is 332 g/mol. The minimum atomic E-state index is -3.04. The summed E-state index contributed by atoms with van der Waals surface area (Å²) in [6.07, 6.45) is 1.27. The number of nitrogens with zero attached hydrogens (tertiary/aromatic N) is 2. The van der Waals surface area contributed by atoms with Gasteiger partial charge in [0.05, 0.1) is 6.26 Å². The molecular weight excluding hydrogens is 316 g/mol. The van der Waals surface area contributed by atoms with Crippen LogP contribution in [0.2, 0.25) is 0 Å². The molecule has 0 aliphatic carbocycles. The Morgan fingerprint density at radius 1 is 1.11 bits per heavy atom. The van der Waals surface area contributed by atoms with Crippen molar-refractivity contribution >= 4 is 31.6 Å². The first kappa shape index (κ1) is 13.8. The molecule has 2 rings (SSSR count). The molecule has 6 heteroatoms. The standard InChI is InChI=1S/C12H17BrN2O2S/c1-18(16,17)15-8-6-14(7-9-15)12-4-2-11(10-13)3-5-12/h2-5H,6-10H2,1H3. The Labute approximate surface area is 117 Å². The van der Waals surface area contributed by atoms with Gasteiger partial charge in [0.1, 0.15) is 0 Å². The van der Waals surface area contributed by atoms with Crippen LogP contribution in [0, 0.1) is 0 Å². The quantitative estimate of drug-likeness (QED) is 0.790. The SMILES string of the molecule is CS(=O)(=O)N1CCN(c2ccc(CBr)cc2)CC1. The molecule has 0 amide bonds. The van der Waals surface area contributed by atoms with E-state index in [4.69, 9.17) is 0 Å². The zero-order chi connectivity index (χ0) is 13.2. The fourth-order valence-corrected chi connectivity index (χ4v) is 3.27. The zero-order valence-corrected chi connectivity index (χ0v) is 12.7. The van der Waals surface area contributed by atoms with Crippen molar-refractivity contribution in [2.75, 3.05) is 37.3 Å². The topological polar surface area (TPSA) is 40.6 Å². The molecule has 1 aromatic rings. The summed E-state index contributed by atoms with van der Waals surface area (Å²) in [5.41, 5.74) is 2.40. The van der Waals surface area contributed by atoms with Crippen molar-refractivity contribution in [3.63, 3.8) is 0 Å². The smallest absolute Gasteiger partial charge is 0.211 e. The maximum Gasteiger partial charge on any atom is 0.211 e.